The molecule has 0 saturated heterocycles. The molecule has 0 aliphatic heterocycles. The first-order chi connectivity index (χ1) is 11.3. The number of rotatable bonds is 3. The van der Waals surface area contributed by atoms with Crippen molar-refractivity contribution >= 4 is 21.9 Å². The summed E-state index contributed by atoms with van der Waals surface area (Å²) in [5.41, 5.74) is 4.38. The maximum Gasteiger partial charge on any atom is 0.146 e. The van der Waals surface area contributed by atoms with Crippen molar-refractivity contribution in [1.29, 1.82) is 0 Å². The van der Waals surface area contributed by atoms with Crippen molar-refractivity contribution in [3.05, 3.63) is 72.2 Å². The van der Waals surface area contributed by atoms with Crippen LogP contribution >= 0.6 is 0 Å². The lowest BCUT2D eigenvalue weighted by atomic mass is 10.2. The smallest absolute Gasteiger partial charge is 0.146 e. The van der Waals surface area contributed by atoms with Crippen LogP contribution in [0.4, 0.5) is 0 Å². The van der Waals surface area contributed by atoms with Crippen LogP contribution in [0.5, 0.6) is 5.75 Å². The van der Waals surface area contributed by atoms with Crippen molar-refractivity contribution < 1.29 is 4.74 Å². The van der Waals surface area contributed by atoms with Crippen molar-refractivity contribution in [2.75, 3.05) is 0 Å². The fourth-order valence-corrected chi connectivity index (χ4v) is 2.60. The van der Waals surface area contributed by atoms with Crippen molar-refractivity contribution in [1.82, 2.24) is 15.0 Å². The summed E-state index contributed by atoms with van der Waals surface area (Å²) in [6.45, 7) is 2.33. The molecule has 0 spiro atoms. The number of aromatic nitrogens is 3. The highest BCUT2D eigenvalue weighted by atomic mass is 16.5. The first kappa shape index (κ1) is 13.6. The van der Waals surface area contributed by atoms with Gasteiger partial charge in [0.05, 0.1) is 22.4 Å². The number of pyridine rings is 1. The molecule has 23 heavy (non-hydrogen) atoms. The van der Waals surface area contributed by atoms with Crippen LogP contribution in [0.15, 0.2) is 60.8 Å². The lowest BCUT2D eigenvalue weighted by molar-refractivity contribution is 0.303. The van der Waals surface area contributed by atoms with Crippen LogP contribution in [-0.2, 0) is 6.61 Å². The predicted octanol–water partition coefficient (Wildman–Crippen LogP) is 4.07. The minimum atomic E-state index is 0.374. The van der Waals surface area contributed by atoms with Gasteiger partial charge in [0.1, 0.15) is 17.9 Å². The zero-order valence-electron chi connectivity index (χ0n) is 12.7. The van der Waals surface area contributed by atoms with Gasteiger partial charge in [-0.2, -0.15) is 0 Å². The second-order valence-corrected chi connectivity index (χ2v) is 5.36. The lowest BCUT2D eigenvalue weighted by Crippen LogP contribution is -2.04. The summed E-state index contributed by atoms with van der Waals surface area (Å²) in [6, 6.07) is 17.7. The van der Waals surface area contributed by atoms with Gasteiger partial charge in [-0.3, -0.25) is 4.98 Å². The number of benzene rings is 2. The molecule has 0 amide bonds. The van der Waals surface area contributed by atoms with E-state index in [1.165, 1.54) is 0 Å². The van der Waals surface area contributed by atoms with Gasteiger partial charge in [0, 0.05) is 11.6 Å². The summed E-state index contributed by atoms with van der Waals surface area (Å²) in [5.74, 6) is 0.762. The molecule has 2 aromatic carbocycles. The molecule has 0 saturated carbocycles. The van der Waals surface area contributed by atoms with E-state index in [9.17, 15) is 0 Å². The lowest BCUT2D eigenvalue weighted by Gasteiger charge is -2.10. The molecule has 4 nitrogen and oxygen atoms in total. The van der Waals surface area contributed by atoms with Gasteiger partial charge in [0.2, 0.25) is 0 Å². The van der Waals surface area contributed by atoms with Crippen molar-refractivity contribution in [3.8, 4) is 5.75 Å². The zero-order chi connectivity index (χ0) is 15.6. The zero-order valence-corrected chi connectivity index (χ0v) is 12.7. The minimum absolute atomic E-state index is 0.374. The van der Waals surface area contributed by atoms with E-state index >= 15 is 0 Å². The van der Waals surface area contributed by atoms with Gasteiger partial charge in [-0.1, -0.05) is 30.3 Å². The molecule has 0 radical (unpaired) electrons. The minimum Gasteiger partial charge on any atom is -0.485 e. The number of nitrogens with zero attached hydrogens (tertiary/aromatic N) is 3. The van der Waals surface area contributed by atoms with E-state index < -0.39 is 0 Å². The van der Waals surface area contributed by atoms with E-state index in [0.29, 0.717) is 6.61 Å². The molecule has 2 aromatic heterocycles. The third-order valence-corrected chi connectivity index (χ3v) is 3.80. The summed E-state index contributed by atoms with van der Waals surface area (Å²) < 4.78 is 5.97. The van der Waals surface area contributed by atoms with Gasteiger partial charge in [0.25, 0.3) is 0 Å². The highest BCUT2D eigenvalue weighted by molar-refractivity contribution is 5.84. The molecule has 0 aliphatic carbocycles. The Morgan fingerprint density at radius 3 is 2.52 bits per heavy atom. The van der Waals surface area contributed by atoms with Crippen LogP contribution in [0.2, 0.25) is 0 Å². The monoisotopic (exact) mass is 301 g/mol. The molecule has 112 valence electrons. The third kappa shape index (κ3) is 2.59. The second kappa shape index (κ2) is 5.65. The highest BCUT2D eigenvalue weighted by Crippen LogP contribution is 2.24. The van der Waals surface area contributed by atoms with Gasteiger partial charge in [-0.05, 0) is 31.2 Å². The average molecular weight is 301 g/mol. The van der Waals surface area contributed by atoms with Gasteiger partial charge >= 0.3 is 0 Å². The van der Waals surface area contributed by atoms with Crippen LogP contribution < -0.4 is 4.74 Å². The van der Waals surface area contributed by atoms with Gasteiger partial charge in [-0.25, -0.2) is 9.97 Å². The first-order valence-corrected chi connectivity index (χ1v) is 7.50. The van der Waals surface area contributed by atoms with Gasteiger partial charge < -0.3 is 4.74 Å². The van der Waals surface area contributed by atoms with Crippen molar-refractivity contribution in [2.45, 2.75) is 13.5 Å². The summed E-state index contributed by atoms with van der Waals surface area (Å²) in [4.78, 5) is 13.7. The van der Waals surface area contributed by atoms with Crippen LogP contribution in [0.3, 0.4) is 0 Å². The van der Waals surface area contributed by atoms with E-state index in [1.807, 2.05) is 61.5 Å². The molecule has 0 fully saturated rings. The third-order valence-electron chi connectivity index (χ3n) is 3.80. The number of hydrogen-bond acceptors (Lipinski definition) is 4. The fraction of sp³-hybridized carbons (Fsp3) is 0.105. The normalized spacial score (nSPS) is 11.0. The number of hydrogen-bond donors (Lipinski definition) is 0. The topological polar surface area (TPSA) is 47.9 Å². The Labute approximate surface area is 133 Å². The van der Waals surface area contributed by atoms with E-state index in [2.05, 4.69) is 15.0 Å². The van der Waals surface area contributed by atoms with E-state index in [4.69, 9.17) is 4.74 Å². The molecule has 4 rings (SSSR count). The molecule has 0 aliphatic rings. The van der Waals surface area contributed by atoms with Crippen LogP contribution in [-0.4, -0.2) is 15.0 Å². The summed E-state index contributed by atoms with van der Waals surface area (Å²) in [5, 5.41) is 1.06. The SMILES string of the molecule is Cc1nc2ccccc2nc1COc1cccc2cccnc12. The van der Waals surface area contributed by atoms with E-state index in [-0.39, 0.29) is 0 Å². The predicted molar refractivity (Wildman–Crippen MR) is 90.4 cm³/mol. The van der Waals surface area contributed by atoms with Crippen LogP contribution in [0.25, 0.3) is 21.9 Å². The maximum absolute atomic E-state index is 5.97. The van der Waals surface area contributed by atoms with Crippen molar-refractivity contribution in [3.63, 3.8) is 0 Å². The van der Waals surface area contributed by atoms with E-state index in [0.717, 1.165) is 39.1 Å². The molecule has 0 unspecified atom stereocenters. The second-order valence-electron chi connectivity index (χ2n) is 5.36. The molecule has 2 heterocycles. The average Bonchev–Trinajstić information content (AvgIpc) is 2.60. The Bertz CT molecular complexity index is 993. The fourth-order valence-electron chi connectivity index (χ4n) is 2.60. The molecular formula is C19H15N3O. The van der Waals surface area contributed by atoms with Crippen LogP contribution in [0.1, 0.15) is 11.4 Å². The highest BCUT2D eigenvalue weighted by Gasteiger charge is 2.08. The van der Waals surface area contributed by atoms with Crippen LogP contribution in [0, 0.1) is 6.92 Å². The Hall–Kier alpha value is -3.01. The molecule has 0 N–H and O–H groups in total. The maximum atomic E-state index is 5.97. The van der Waals surface area contributed by atoms with Crippen molar-refractivity contribution in [2.24, 2.45) is 0 Å². The number of fused-ring (bicyclic) bond motifs is 2. The summed E-state index contributed by atoms with van der Waals surface area (Å²) in [6.07, 6.45) is 1.77. The quantitative estimate of drug-likeness (QED) is 0.572. The number of ether oxygens (including phenoxy) is 1. The molecular weight excluding hydrogens is 286 g/mol. The summed E-state index contributed by atoms with van der Waals surface area (Å²) >= 11 is 0. The largest absolute Gasteiger partial charge is 0.485 e. The molecule has 0 atom stereocenters. The Morgan fingerprint density at radius 2 is 1.65 bits per heavy atom. The van der Waals surface area contributed by atoms with Gasteiger partial charge in [-0.15, -0.1) is 0 Å². The first-order valence-electron chi connectivity index (χ1n) is 7.50. The number of aryl methyl sites for hydroxylation is 1. The summed E-state index contributed by atoms with van der Waals surface area (Å²) in [7, 11) is 0. The Kier molecular flexibility index (Phi) is 3.35. The Morgan fingerprint density at radius 1 is 0.870 bits per heavy atom. The van der Waals surface area contributed by atoms with Gasteiger partial charge in [0.15, 0.2) is 0 Å². The molecule has 4 heteroatoms. The number of para-hydroxylation sites is 3. The standard InChI is InChI=1S/C19H15N3O/c1-13-17(22-16-9-3-2-8-15(16)21-13)12-23-18-10-4-6-14-7-5-11-20-19(14)18/h2-11H,12H2,1H3. The molecule has 4 aromatic rings. The molecule has 0 bridgehead atoms. The Balaban J connectivity index is 1.67. The van der Waals surface area contributed by atoms with E-state index in [1.54, 1.807) is 6.20 Å².